The van der Waals surface area contributed by atoms with Crippen molar-refractivity contribution in [3.8, 4) is 0 Å². The highest BCUT2D eigenvalue weighted by Gasteiger charge is 2.31. The molecule has 0 heterocycles. The molecule has 0 spiro atoms. The quantitative estimate of drug-likeness (QED) is 0.509. The van der Waals surface area contributed by atoms with E-state index in [9.17, 15) is 19.5 Å². The number of carbonyl (C=O) groups is 3. The molecule has 0 aromatic heterocycles. The number of urea groups is 1. The van der Waals surface area contributed by atoms with E-state index >= 15 is 0 Å². The summed E-state index contributed by atoms with van der Waals surface area (Å²) in [5.74, 6) is -1.62. The number of carboxylic acids is 1. The maximum atomic E-state index is 13.1. The Bertz CT molecular complexity index is 992. The Morgan fingerprint density at radius 3 is 2.22 bits per heavy atom. The van der Waals surface area contributed by atoms with Gasteiger partial charge < -0.3 is 21.1 Å². The summed E-state index contributed by atoms with van der Waals surface area (Å²) in [6.45, 7) is 5.66. The van der Waals surface area contributed by atoms with E-state index in [2.05, 4.69) is 16.0 Å². The van der Waals surface area contributed by atoms with Gasteiger partial charge in [-0.1, -0.05) is 49.1 Å². The fourth-order valence-electron chi connectivity index (χ4n) is 4.30. The van der Waals surface area contributed by atoms with Gasteiger partial charge in [0.15, 0.2) is 0 Å². The smallest absolute Gasteiger partial charge is 0.326 e. The minimum Gasteiger partial charge on any atom is -0.480 e. The number of nitrogens with one attached hydrogen (secondary N) is 3. The summed E-state index contributed by atoms with van der Waals surface area (Å²) in [7, 11) is 0. The third kappa shape index (κ3) is 5.66. The first-order chi connectivity index (χ1) is 15.3. The molecular weight excluding hydrogens is 406 g/mol. The number of anilines is 2. The van der Waals surface area contributed by atoms with Crippen LogP contribution in [0.1, 0.15) is 59.2 Å². The van der Waals surface area contributed by atoms with Gasteiger partial charge in [0, 0.05) is 5.69 Å². The van der Waals surface area contributed by atoms with Crippen molar-refractivity contribution in [1.82, 2.24) is 5.32 Å². The number of carbonyl (C=O) groups excluding carboxylic acids is 2. The number of amides is 3. The molecule has 7 nitrogen and oxygen atoms in total. The third-order valence-electron chi connectivity index (χ3n) is 6.06. The first-order valence-electron chi connectivity index (χ1n) is 11.0. The van der Waals surface area contributed by atoms with E-state index in [0.717, 1.165) is 48.8 Å². The summed E-state index contributed by atoms with van der Waals surface area (Å²) in [6.07, 6.45) is 4.61. The maximum absolute atomic E-state index is 13.1. The molecule has 1 saturated carbocycles. The lowest BCUT2D eigenvalue weighted by molar-refractivity contribution is -0.141. The molecule has 3 amide bonds. The highest BCUT2D eigenvalue weighted by molar-refractivity contribution is 6.07. The van der Waals surface area contributed by atoms with Crippen molar-refractivity contribution >= 4 is 29.3 Å². The van der Waals surface area contributed by atoms with Crippen molar-refractivity contribution < 1.29 is 19.5 Å². The number of aliphatic carboxylic acids is 1. The van der Waals surface area contributed by atoms with Crippen LogP contribution in [-0.4, -0.2) is 29.1 Å². The minimum absolute atomic E-state index is 0.0845. The molecule has 2 aromatic carbocycles. The summed E-state index contributed by atoms with van der Waals surface area (Å²) in [5.41, 5.74) is 3.97. The molecule has 0 radical (unpaired) electrons. The topological polar surface area (TPSA) is 108 Å². The number of para-hydroxylation sites is 1. The normalized spacial score (nSPS) is 15.0. The number of hydrogen-bond acceptors (Lipinski definition) is 3. The first kappa shape index (κ1) is 23.3. The van der Waals surface area contributed by atoms with Crippen LogP contribution in [0.4, 0.5) is 16.2 Å². The Morgan fingerprint density at radius 1 is 0.938 bits per heavy atom. The second-order valence-corrected chi connectivity index (χ2v) is 8.58. The standard InChI is InChI=1S/C25H31N3O4/c1-15-12-13-20(26-25(32)28-21-16(2)8-7-9-17(21)3)19(14-15)23(29)27-22(24(30)31)18-10-5-4-6-11-18/h7-9,12-14,18,22H,4-6,10-11H2,1-3H3,(H,27,29)(H,30,31)(H2,26,28,32). The van der Waals surface area contributed by atoms with Crippen molar-refractivity contribution in [2.24, 2.45) is 5.92 Å². The van der Waals surface area contributed by atoms with E-state index in [1.807, 2.05) is 39.0 Å². The van der Waals surface area contributed by atoms with Crippen LogP contribution >= 0.6 is 0 Å². The Balaban J connectivity index is 1.78. The number of carboxylic acid groups (broad SMARTS) is 1. The van der Waals surface area contributed by atoms with Gasteiger partial charge in [-0.05, 0) is 62.8 Å². The molecule has 0 aliphatic heterocycles. The molecule has 1 atom stereocenters. The zero-order chi connectivity index (χ0) is 23.3. The van der Waals surface area contributed by atoms with Crippen molar-refractivity contribution in [3.63, 3.8) is 0 Å². The molecule has 170 valence electrons. The maximum Gasteiger partial charge on any atom is 0.326 e. The lowest BCUT2D eigenvalue weighted by Crippen LogP contribution is -2.46. The summed E-state index contributed by atoms with van der Waals surface area (Å²) in [5, 5.41) is 18.0. The highest BCUT2D eigenvalue weighted by atomic mass is 16.4. The molecule has 1 fully saturated rings. The zero-order valence-electron chi connectivity index (χ0n) is 18.8. The van der Waals surface area contributed by atoms with Gasteiger partial charge in [0.05, 0.1) is 11.3 Å². The SMILES string of the molecule is Cc1ccc(NC(=O)Nc2c(C)cccc2C)c(C(=O)NC(C(=O)O)C2CCCCC2)c1. The minimum atomic E-state index is -1.03. The molecule has 4 N–H and O–H groups in total. The Hall–Kier alpha value is -3.35. The third-order valence-corrected chi connectivity index (χ3v) is 6.06. The van der Waals surface area contributed by atoms with Crippen molar-refractivity contribution in [2.75, 3.05) is 10.6 Å². The van der Waals surface area contributed by atoms with E-state index in [0.29, 0.717) is 11.4 Å². The average Bonchev–Trinajstić information content (AvgIpc) is 2.76. The van der Waals surface area contributed by atoms with Crippen LogP contribution in [0, 0.1) is 26.7 Å². The van der Waals surface area contributed by atoms with Gasteiger partial charge in [-0.2, -0.15) is 0 Å². The van der Waals surface area contributed by atoms with Crippen LogP contribution in [0.3, 0.4) is 0 Å². The predicted molar refractivity (Wildman–Crippen MR) is 125 cm³/mol. The monoisotopic (exact) mass is 437 g/mol. The van der Waals surface area contributed by atoms with E-state index in [1.165, 1.54) is 0 Å². The van der Waals surface area contributed by atoms with Gasteiger partial charge in [0.1, 0.15) is 6.04 Å². The van der Waals surface area contributed by atoms with Crippen molar-refractivity contribution in [2.45, 2.75) is 58.9 Å². The second kappa shape index (κ2) is 10.3. The fourth-order valence-corrected chi connectivity index (χ4v) is 4.30. The van der Waals surface area contributed by atoms with Gasteiger partial charge in [-0.3, -0.25) is 4.79 Å². The molecule has 0 saturated heterocycles. The molecular formula is C25H31N3O4. The Kier molecular flexibility index (Phi) is 7.51. The van der Waals surface area contributed by atoms with Crippen LogP contribution in [0.5, 0.6) is 0 Å². The van der Waals surface area contributed by atoms with Crippen LogP contribution in [0.2, 0.25) is 0 Å². The fraction of sp³-hybridized carbons (Fsp3) is 0.400. The van der Waals surface area contributed by atoms with Gasteiger partial charge in [-0.25, -0.2) is 9.59 Å². The average molecular weight is 438 g/mol. The number of rotatable bonds is 6. The van der Waals surface area contributed by atoms with Crippen molar-refractivity contribution in [3.05, 3.63) is 58.7 Å². The summed E-state index contributed by atoms with van der Waals surface area (Å²) < 4.78 is 0. The van der Waals surface area contributed by atoms with Gasteiger partial charge >= 0.3 is 12.0 Å². The summed E-state index contributed by atoms with van der Waals surface area (Å²) in [6, 6.07) is 9.43. The molecule has 1 aliphatic rings. The number of aryl methyl sites for hydroxylation is 3. The van der Waals surface area contributed by atoms with Crippen LogP contribution < -0.4 is 16.0 Å². The number of hydrogen-bond donors (Lipinski definition) is 4. The van der Waals surface area contributed by atoms with E-state index in [1.54, 1.807) is 18.2 Å². The molecule has 3 rings (SSSR count). The lowest BCUT2D eigenvalue weighted by Gasteiger charge is -2.28. The Morgan fingerprint density at radius 2 is 1.59 bits per heavy atom. The molecule has 2 aromatic rings. The molecule has 7 heteroatoms. The molecule has 32 heavy (non-hydrogen) atoms. The van der Waals surface area contributed by atoms with Crippen LogP contribution in [0.15, 0.2) is 36.4 Å². The predicted octanol–water partition coefficient (Wildman–Crippen LogP) is 5.02. The number of benzene rings is 2. The van der Waals surface area contributed by atoms with E-state index < -0.39 is 23.9 Å². The largest absolute Gasteiger partial charge is 0.480 e. The Labute approximate surface area is 188 Å². The molecule has 1 unspecified atom stereocenters. The van der Waals surface area contributed by atoms with Gasteiger partial charge in [0.2, 0.25) is 0 Å². The van der Waals surface area contributed by atoms with E-state index in [-0.39, 0.29) is 11.5 Å². The second-order valence-electron chi connectivity index (χ2n) is 8.58. The first-order valence-corrected chi connectivity index (χ1v) is 11.0. The van der Waals surface area contributed by atoms with Gasteiger partial charge in [-0.15, -0.1) is 0 Å². The lowest BCUT2D eigenvalue weighted by atomic mass is 9.83. The van der Waals surface area contributed by atoms with Crippen LogP contribution in [-0.2, 0) is 4.79 Å². The molecule has 0 bridgehead atoms. The summed E-state index contributed by atoms with van der Waals surface area (Å²) in [4.78, 5) is 37.6. The zero-order valence-corrected chi connectivity index (χ0v) is 18.8. The van der Waals surface area contributed by atoms with Gasteiger partial charge in [0.25, 0.3) is 5.91 Å². The molecule has 1 aliphatic carbocycles. The van der Waals surface area contributed by atoms with Crippen molar-refractivity contribution in [1.29, 1.82) is 0 Å². The highest BCUT2D eigenvalue weighted by Crippen LogP contribution is 2.27. The summed E-state index contributed by atoms with van der Waals surface area (Å²) >= 11 is 0. The van der Waals surface area contributed by atoms with Crippen LogP contribution in [0.25, 0.3) is 0 Å². The van der Waals surface area contributed by atoms with E-state index in [4.69, 9.17) is 0 Å².